The Morgan fingerprint density at radius 2 is 2.06 bits per heavy atom. The summed E-state index contributed by atoms with van der Waals surface area (Å²) in [6.45, 7) is 7.34. The number of nitrogens with zero attached hydrogens (tertiary/aromatic N) is 1. The summed E-state index contributed by atoms with van der Waals surface area (Å²) in [6, 6.07) is 8.74. The van der Waals surface area contributed by atoms with Gasteiger partial charge in [-0.05, 0) is 51.3 Å². The van der Waals surface area contributed by atoms with Gasteiger partial charge in [-0.15, -0.1) is 0 Å². The lowest BCUT2D eigenvalue weighted by molar-refractivity contribution is 0.0695. The first kappa shape index (κ1) is 12.6. The SMILES string of the molecule is Cc1cccc(CN2CCC([C@@H](C)O)CC2)c1. The molecule has 0 bridgehead atoms. The van der Waals surface area contributed by atoms with E-state index in [1.165, 1.54) is 11.1 Å². The number of benzene rings is 1. The molecule has 2 nitrogen and oxygen atoms in total. The van der Waals surface area contributed by atoms with E-state index in [1.54, 1.807) is 0 Å². The Bertz CT molecular complexity index is 354. The molecule has 0 aliphatic carbocycles. The van der Waals surface area contributed by atoms with E-state index in [0.29, 0.717) is 5.92 Å². The molecule has 1 aromatic carbocycles. The Labute approximate surface area is 104 Å². The van der Waals surface area contributed by atoms with Gasteiger partial charge in [0.15, 0.2) is 0 Å². The molecule has 0 unspecified atom stereocenters. The summed E-state index contributed by atoms with van der Waals surface area (Å²) >= 11 is 0. The van der Waals surface area contributed by atoms with E-state index >= 15 is 0 Å². The van der Waals surface area contributed by atoms with Gasteiger partial charge in [-0.3, -0.25) is 4.90 Å². The van der Waals surface area contributed by atoms with Crippen LogP contribution in [0.2, 0.25) is 0 Å². The summed E-state index contributed by atoms with van der Waals surface area (Å²) in [5.74, 6) is 0.503. The van der Waals surface area contributed by atoms with Crippen LogP contribution >= 0.6 is 0 Å². The average molecular weight is 233 g/mol. The van der Waals surface area contributed by atoms with Gasteiger partial charge in [0, 0.05) is 6.54 Å². The Balaban J connectivity index is 1.86. The molecule has 0 saturated carbocycles. The number of hydrogen-bond acceptors (Lipinski definition) is 2. The molecule has 17 heavy (non-hydrogen) atoms. The van der Waals surface area contributed by atoms with Gasteiger partial charge < -0.3 is 5.11 Å². The fourth-order valence-electron chi connectivity index (χ4n) is 2.66. The van der Waals surface area contributed by atoms with Gasteiger partial charge in [-0.2, -0.15) is 0 Å². The van der Waals surface area contributed by atoms with E-state index in [0.717, 1.165) is 32.5 Å². The van der Waals surface area contributed by atoms with Crippen molar-refractivity contribution in [2.24, 2.45) is 5.92 Å². The van der Waals surface area contributed by atoms with Crippen molar-refractivity contribution in [3.63, 3.8) is 0 Å². The van der Waals surface area contributed by atoms with Crippen LogP contribution in [-0.2, 0) is 6.54 Å². The summed E-state index contributed by atoms with van der Waals surface area (Å²) in [6.07, 6.45) is 2.11. The molecule has 1 atom stereocenters. The smallest absolute Gasteiger partial charge is 0.0541 e. The number of hydrogen-bond donors (Lipinski definition) is 1. The molecule has 1 aliphatic heterocycles. The monoisotopic (exact) mass is 233 g/mol. The summed E-state index contributed by atoms with van der Waals surface area (Å²) in [4.78, 5) is 2.49. The van der Waals surface area contributed by atoms with Crippen molar-refractivity contribution in [2.45, 2.75) is 39.3 Å². The Hall–Kier alpha value is -0.860. The molecule has 0 aromatic heterocycles. The van der Waals surface area contributed by atoms with Crippen LogP contribution in [0.25, 0.3) is 0 Å². The molecule has 94 valence electrons. The van der Waals surface area contributed by atoms with E-state index in [4.69, 9.17) is 0 Å². The fraction of sp³-hybridized carbons (Fsp3) is 0.600. The molecule has 1 fully saturated rings. The quantitative estimate of drug-likeness (QED) is 0.867. The second-order valence-electron chi connectivity index (χ2n) is 5.34. The largest absolute Gasteiger partial charge is 0.393 e. The van der Waals surface area contributed by atoms with Gasteiger partial charge in [0.25, 0.3) is 0 Å². The maximum absolute atomic E-state index is 9.57. The van der Waals surface area contributed by atoms with Gasteiger partial charge in [0.1, 0.15) is 0 Å². The zero-order chi connectivity index (χ0) is 12.3. The summed E-state index contributed by atoms with van der Waals surface area (Å²) < 4.78 is 0. The first-order valence-corrected chi connectivity index (χ1v) is 6.61. The molecule has 2 rings (SSSR count). The number of piperidine rings is 1. The van der Waals surface area contributed by atoms with Crippen LogP contribution in [0.15, 0.2) is 24.3 Å². The van der Waals surface area contributed by atoms with E-state index in [9.17, 15) is 5.11 Å². The summed E-state index contributed by atoms with van der Waals surface area (Å²) in [5, 5.41) is 9.57. The number of aliphatic hydroxyl groups excluding tert-OH is 1. The van der Waals surface area contributed by atoms with Gasteiger partial charge in [0.05, 0.1) is 6.10 Å². The molecule has 1 N–H and O–H groups in total. The third kappa shape index (κ3) is 3.55. The summed E-state index contributed by atoms with van der Waals surface area (Å²) in [5.41, 5.74) is 2.74. The van der Waals surface area contributed by atoms with Crippen molar-refractivity contribution in [2.75, 3.05) is 13.1 Å². The van der Waals surface area contributed by atoms with Gasteiger partial charge >= 0.3 is 0 Å². The maximum atomic E-state index is 9.57. The molecule has 1 aromatic rings. The van der Waals surface area contributed by atoms with E-state index in [2.05, 4.69) is 36.1 Å². The number of aryl methyl sites for hydroxylation is 1. The molecule has 2 heteroatoms. The topological polar surface area (TPSA) is 23.5 Å². The highest BCUT2D eigenvalue weighted by Gasteiger charge is 2.22. The number of likely N-dealkylation sites (tertiary alicyclic amines) is 1. The van der Waals surface area contributed by atoms with Crippen molar-refractivity contribution >= 4 is 0 Å². The molecule has 1 saturated heterocycles. The minimum atomic E-state index is -0.142. The molecule has 0 amide bonds. The Morgan fingerprint density at radius 3 is 2.65 bits per heavy atom. The molecular weight excluding hydrogens is 210 g/mol. The Morgan fingerprint density at radius 1 is 1.35 bits per heavy atom. The lowest BCUT2D eigenvalue weighted by atomic mass is 9.92. The fourth-order valence-corrected chi connectivity index (χ4v) is 2.66. The first-order chi connectivity index (χ1) is 8.15. The van der Waals surface area contributed by atoms with Crippen molar-refractivity contribution in [1.29, 1.82) is 0 Å². The first-order valence-electron chi connectivity index (χ1n) is 6.61. The minimum absolute atomic E-state index is 0.142. The second-order valence-corrected chi connectivity index (χ2v) is 5.34. The third-order valence-electron chi connectivity index (χ3n) is 3.80. The standard InChI is InChI=1S/C15H23NO/c1-12-4-3-5-14(10-12)11-16-8-6-15(7-9-16)13(2)17/h3-5,10,13,15,17H,6-9,11H2,1-2H3/t13-/m1/s1. The van der Waals surface area contributed by atoms with Crippen LogP contribution < -0.4 is 0 Å². The zero-order valence-electron chi connectivity index (χ0n) is 10.9. The lowest BCUT2D eigenvalue weighted by Crippen LogP contribution is -2.36. The summed E-state index contributed by atoms with van der Waals surface area (Å²) in [7, 11) is 0. The highest BCUT2D eigenvalue weighted by atomic mass is 16.3. The Kier molecular flexibility index (Phi) is 4.19. The highest BCUT2D eigenvalue weighted by molar-refractivity contribution is 5.22. The van der Waals surface area contributed by atoms with Crippen LogP contribution in [0.3, 0.4) is 0 Å². The van der Waals surface area contributed by atoms with E-state index in [-0.39, 0.29) is 6.10 Å². The predicted molar refractivity (Wildman–Crippen MR) is 70.9 cm³/mol. The van der Waals surface area contributed by atoms with Crippen LogP contribution in [0.4, 0.5) is 0 Å². The van der Waals surface area contributed by atoms with Crippen molar-refractivity contribution < 1.29 is 5.11 Å². The van der Waals surface area contributed by atoms with Crippen molar-refractivity contribution in [1.82, 2.24) is 4.90 Å². The number of rotatable bonds is 3. The average Bonchev–Trinajstić information content (AvgIpc) is 2.29. The normalized spacial score (nSPS) is 20.4. The predicted octanol–water partition coefficient (Wildman–Crippen LogP) is 2.59. The van der Waals surface area contributed by atoms with Crippen molar-refractivity contribution in [3.05, 3.63) is 35.4 Å². The third-order valence-corrected chi connectivity index (χ3v) is 3.80. The zero-order valence-corrected chi connectivity index (χ0v) is 10.9. The molecule has 0 spiro atoms. The maximum Gasteiger partial charge on any atom is 0.0541 e. The second kappa shape index (κ2) is 5.65. The minimum Gasteiger partial charge on any atom is -0.393 e. The molecule has 0 radical (unpaired) electrons. The van der Waals surface area contributed by atoms with Gasteiger partial charge in [-0.25, -0.2) is 0 Å². The van der Waals surface area contributed by atoms with Crippen molar-refractivity contribution in [3.8, 4) is 0 Å². The van der Waals surface area contributed by atoms with Crippen LogP contribution in [0.1, 0.15) is 30.9 Å². The molecule has 1 aliphatic rings. The van der Waals surface area contributed by atoms with Crippen LogP contribution in [-0.4, -0.2) is 29.2 Å². The van der Waals surface area contributed by atoms with Gasteiger partial charge in [0.2, 0.25) is 0 Å². The van der Waals surface area contributed by atoms with E-state index < -0.39 is 0 Å². The number of aliphatic hydroxyl groups is 1. The highest BCUT2D eigenvalue weighted by Crippen LogP contribution is 2.21. The van der Waals surface area contributed by atoms with E-state index in [1.807, 2.05) is 6.92 Å². The lowest BCUT2D eigenvalue weighted by Gasteiger charge is -2.33. The van der Waals surface area contributed by atoms with Crippen LogP contribution in [0, 0.1) is 12.8 Å². The van der Waals surface area contributed by atoms with Crippen LogP contribution in [0.5, 0.6) is 0 Å². The molecular formula is C15H23NO. The molecule has 1 heterocycles. The van der Waals surface area contributed by atoms with Gasteiger partial charge in [-0.1, -0.05) is 29.8 Å².